The zero-order valence-electron chi connectivity index (χ0n) is 17.5. The highest BCUT2D eigenvalue weighted by atomic mass is 32.1. The van der Waals surface area contributed by atoms with Crippen LogP contribution in [0.25, 0.3) is 0 Å². The lowest BCUT2D eigenvalue weighted by Crippen LogP contribution is -2.34. The number of ether oxygens (including phenoxy) is 1. The fourth-order valence-corrected chi connectivity index (χ4v) is 4.16. The van der Waals surface area contributed by atoms with E-state index in [1.54, 1.807) is 0 Å². The minimum absolute atomic E-state index is 0.0196. The largest absolute Gasteiger partial charge is 0.464 e. The number of thiazole rings is 1. The second-order valence-corrected chi connectivity index (χ2v) is 8.39. The van der Waals surface area contributed by atoms with Gasteiger partial charge < -0.3 is 15.4 Å². The molecule has 1 saturated heterocycles. The highest BCUT2D eigenvalue weighted by molar-refractivity contribution is 7.16. The van der Waals surface area contributed by atoms with E-state index in [0.717, 1.165) is 10.5 Å². The molecule has 1 aromatic carbocycles. The van der Waals surface area contributed by atoms with Crippen molar-refractivity contribution >= 4 is 40.3 Å². The molecule has 2 N–H and O–H groups in total. The fraction of sp³-hybridized carbons (Fsp3) is 0.381. The second-order valence-electron chi connectivity index (χ2n) is 7.36. The molecular formula is C21H24N4O5S. The summed E-state index contributed by atoms with van der Waals surface area (Å²) in [7, 11) is 1.27. The quantitative estimate of drug-likeness (QED) is 0.477. The lowest BCUT2D eigenvalue weighted by Gasteiger charge is -2.12. The number of urea groups is 1. The van der Waals surface area contributed by atoms with Crippen molar-refractivity contribution in [2.24, 2.45) is 0 Å². The third-order valence-electron chi connectivity index (χ3n) is 4.77. The molecule has 9 nitrogen and oxygen atoms in total. The summed E-state index contributed by atoms with van der Waals surface area (Å²) in [6, 6.07) is 8.08. The average Bonchev–Trinajstić information content (AvgIpc) is 3.28. The maximum Gasteiger partial charge on any atom is 0.357 e. The second kappa shape index (κ2) is 9.69. The Morgan fingerprint density at radius 2 is 1.97 bits per heavy atom. The zero-order chi connectivity index (χ0) is 22.5. The monoisotopic (exact) mass is 444 g/mol. The van der Waals surface area contributed by atoms with Gasteiger partial charge in [0, 0.05) is 11.4 Å². The number of nitrogens with zero attached hydrogens (tertiary/aromatic N) is 2. The van der Waals surface area contributed by atoms with Crippen LogP contribution in [0, 0.1) is 0 Å². The zero-order valence-corrected chi connectivity index (χ0v) is 18.3. The van der Waals surface area contributed by atoms with Crippen LogP contribution >= 0.6 is 11.3 Å². The van der Waals surface area contributed by atoms with Crippen LogP contribution in [0.1, 0.15) is 47.1 Å². The summed E-state index contributed by atoms with van der Waals surface area (Å²) in [5.41, 5.74) is 1.17. The molecule has 1 fully saturated rings. The predicted octanol–water partition coefficient (Wildman–Crippen LogP) is 2.54. The van der Waals surface area contributed by atoms with Crippen LogP contribution in [0.3, 0.4) is 0 Å². The number of nitrogens with one attached hydrogen (secondary N) is 2. The van der Waals surface area contributed by atoms with E-state index in [9.17, 15) is 19.2 Å². The van der Waals surface area contributed by atoms with Gasteiger partial charge in [0.15, 0.2) is 10.8 Å². The van der Waals surface area contributed by atoms with Gasteiger partial charge in [-0.3, -0.25) is 14.5 Å². The Kier molecular flexibility index (Phi) is 7.01. The van der Waals surface area contributed by atoms with E-state index in [4.69, 9.17) is 4.74 Å². The molecule has 2 aromatic rings. The van der Waals surface area contributed by atoms with Crippen LogP contribution in [0.15, 0.2) is 30.3 Å². The number of carbonyl (C=O) groups excluding carboxylic acids is 4. The first kappa shape index (κ1) is 22.4. The van der Waals surface area contributed by atoms with Gasteiger partial charge in [-0.15, -0.1) is 11.3 Å². The van der Waals surface area contributed by atoms with Crippen LogP contribution < -0.4 is 10.6 Å². The number of rotatable bonds is 8. The van der Waals surface area contributed by atoms with Crippen LogP contribution in [0.5, 0.6) is 0 Å². The first-order valence-electron chi connectivity index (χ1n) is 9.84. The number of imide groups is 1. The number of hydrogen-bond acceptors (Lipinski definition) is 7. The van der Waals surface area contributed by atoms with Gasteiger partial charge in [-0.25, -0.2) is 14.6 Å². The van der Waals surface area contributed by atoms with Crippen molar-refractivity contribution in [2.45, 2.75) is 38.6 Å². The molecule has 0 aliphatic carbocycles. The summed E-state index contributed by atoms with van der Waals surface area (Å²) in [4.78, 5) is 55.1. The van der Waals surface area contributed by atoms with E-state index in [0.29, 0.717) is 11.3 Å². The summed E-state index contributed by atoms with van der Waals surface area (Å²) in [6.45, 7) is 4.05. The summed E-state index contributed by atoms with van der Waals surface area (Å²) < 4.78 is 4.74. The molecule has 4 amide bonds. The number of amides is 4. The number of methoxy groups -OCH3 is 1. The minimum Gasteiger partial charge on any atom is -0.464 e. The predicted molar refractivity (Wildman–Crippen MR) is 115 cm³/mol. The molecule has 0 saturated carbocycles. The van der Waals surface area contributed by atoms with Gasteiger partial charge in [0.1, 0.15) is 6.04 Å². The molecule has 1 aliphatic heterocycles. The first-order chi connectivity index (χ1) is 14.8. The Morgan fingerprint density at radius 3 is 2.61 bits per heavy atom. The molecule has 1 aromatic heterocycles. The van der Waals surface area contributed by atoms with E-state index in [1.165, 1.54) is 18.4 Å². The number of esters is 1. The van der Waals surface area contributed by atoms with Gasteiger partial charge in [-0.05, 0) is 17.9 Å². The number of hydrogen-bond donors (Lipinski definition) is 2. The number of carbonyl (C=O) groups is 4. The Morgan fingerprint density at radius 1 is 1.26 bits per heavy atom. The molecule has 1 atom stereocenters. The maximum absolute atomic E-state index is 12.6. The third-order valence-corrected chi connectivity index (χ3v) is 6.04. The van der Waals surface area contributed by atoms with E-state index in [1.807, 2.05) is 44.2 Å². The molecule has 0 radical (unpaired) electrons. The lowest BCUT2D eigenvalue weighted by atomic mass is 10.1. The van der Waals surface area contributed by atoms with Crippen molar-refractivity contribution in [1.82, 2.24) is 15.2 Å². The van der Waals surface area contributed by atoms with Crippen LogP contribution in [-0.4, -0.2) is 53.4 Å². The number of anilines is 1. The molecule has 1 aliphatic rings. The standard InChI is InChI=1S/C21H24N4O5S/c1-12(2)17-16(19(28)30-3)24-20(31-17)23-15(26)11-14-18(27)25(21(29)22-14)10-9-13-7-5-4-6-8-13/h4-8,12,14H,9-11H2,1-3H3,(H,22,29)(H,23,24,26)/t14-/m1/s1. The summed E-state index contributed by atoms with van der Waals surface area (Å²) in [5, 5.41) is 5.41. The smallest absolute Gasteiger partial charge is 0.357 e. The number of aromatic nitrogens is 1. The van der Waals surface area contributed by atoms with Gasteiger partial charge in [0.2, 0.25) is 5.91 Å². The van der Waals surface area contributed by atoms with E-state index in [2.05, 4.69) is 15.6 Å². The summed E-state index contributed by atoms with van der Waals surface area (Å²) >= 11 is 1.18. The summed E-state index contributed by atoms with van der Waals surface area (Å²) in [6.07, 6.45) is 0.308. The third kappa shape index (κ3) is 5.26. The van der Waals surface area contributed by atoms with Gasteiger partial charge in [0.05, 0.1) is 13.5 Å². The molecule has 2 heterocycles. The Balaban J connectivity index is 1.60. The maximum atomic E-state index is 12.6. The van der Waals surface area contributed by atoms with E-state index < -0.39 is 29.9 Å². The van der Waals surface area contributed by atoms with Crippen molar-refractivity contribution in [3.8, 4) is 0 Å². The van der Waals surface area contributed by atoms with Crippen LogP contribution in [-0.2, 0) is 20.7 Å². The Hall–Kier alpha value is -3.27. The average molecular weight is 445 g/mol. The van der Waals surface area contributed by atoms with Crippen LogP contribution in [0.2, 0.25) is 0 Å². The molecule has 0 spiro atoms. The summed E-state index contributed by atoms with van der Waals surface area (Å²) in [5.74, 6) is -1.48. The first-order valence-corrected chi connectivity index (χ1v) is 10.7. The Labute approximate surface area is 183 Å². The Bertz CT molecular complexity index is 989. The molecular weight excluding hydrogens is 420 g/mol. The molecule has 0 unspecified atom stereocenters. The number of benzene rings is 1. The van der Waals surface area contributed by atoms with Crippen molar-refractivity contribution in [2.75, 3.05) is 19.0 Å². The van der Waals surface area contributed by atoms with Gasteiger partial charge >= 0.3 is 12.0 Å². The molecule has 164 valence electrons. The van der Waals surface area contributed by atoms with Gasteiger partial charge in [0.25, 0.3) is 5.91 Å². The lowest BCUT2D eigenvalue weighted by molar-refractivity contribution is -0.129. The normalized spacial score (nSPS) is 15.9. The highest BCUT2D eigenvalue weighted by Gasteiger charge is 2.38. The minimum atomic E-state index is -0.937. The SMILES string of the molecule is COC(=O)c1nc(NC(=O)C[C@H]2NC(=O)N(CCc3ccccc3)C2=O)sc1C(C)C. The van der Waals surface area contributed by atoms with Crippen molar-refractivity contribution < 1.29 is 23.9 Å². The van der Waals surface area contributed by atoms with Crippen molar-refractivity contribution in [1.29, 1.82) is 0 Å². The van der Waals surface area contributed by atoms with Crippen molar-refractivity contribution in [3.05, 3.63) is 46.5 Å². The van der Waals surface area contributed by atoms with Gasteiger partial charge in [-0.1, -0.05) is 44.2 Å². The molecule has 3 rings (SSSR count). The molecule has 0 bridgehead atoms. The molecule has 10 heteroatoms. The highest BCUT2D eigenvalue weighted by Crippen LogP contribution is 2.30. The van der Waals surface area contributed by atoms with Gasteiger partial charge in [-0.2, -0.15) is 0 Å². The van der Waals surface area contributed by atoms with Crippen molar-refractivity contribution in [3.63, 3.8) is 0 Å². The molecule has 31 heavy (non-hydrogen) atoms. The fourth-order valence-electron chi connectivity index (χ4n) is 3.19. The van der Waals surface area contributed by atoms with E-state index in [-0.39, 0.29) is 29.7 Å². The van der Waals surface area contributed by atoms with Crippen LogP contribution in [0.4, 0.5) is 9.93 Å². The van der Waals surface area contributed by atoms with E-state index >= 15 is 0 Å². The topological polar surface area (TPSA) is 118 Å².